The van der Waals surface area contributed by atoms with Gasteiger partial charge in [-0.05, 0) is 49.4 Å². The Bertz CT molecular complexity index is 1320. The van der Waals surface area contributed by atoms with Crippen molar-refractivity contribution in [2.45, 2.75) is 11.8 Å². The zero-order valence-corrected chi connectivity index (χ0v) is 18.3. The molecule has 0 aromatic heterocycles. The molecule has 0 radical (unpaired) electrons. The first-order valence-electron chi connectivity index (χ1n) is 9.88. The first kappa shape index (κ1) is 22.2. The first-order valence-corrected chi connectivity index (χ1v) is 11.4. The first-order chi connectivity index (χ1) is 15.7. The number of ether oxygens (including phenoxy) is 2. The number of sulfonamides is 1. The number of nitrogens with zero attached hydrogens (tertiary/aromatic N) is 1. The van der Waals surface area contributed by atoms with Crippen LogP contribution in [-0.2, 0) is 19.6 Å². The Balaban J connectivity index is 1.64. The third-order valence-corrected chi connectivity index (χ3v) is 6.22. The van der Waals surface area contributed by atoms with Crippen molar-refractivity contribution in [1.82, 2.24) is 0 Å². The van der Waals surface area contributed by atoms with Crippen molar-refractivity contribution in [3.05, 3.63) is 72.3 Å². The lowest BCUT2D eigenvalue weighted by molar-refractivity contribution is -0.137. The maximum atomic E-state index is 13.1. The molecule has 0 atom stereocenters. The molecule has 1 aliphatic rings. The summed E-state index contributed by atoms with van der Waals surface area (Å²) in [6.45, 7) is 1.01. The lowest BCUT2D eigenvalue weighted by atomic mass is 10.2. The van der Waals surface area contributed by atoms with Crippen LogP contribution in [0.15, 0.2) is 71.6 Å². The van der Waals surface area contributed by atoms with E-state index in [0.29, 0.717) is 11.5 Å². The average Bonchev–Trinajstić information content (AvgIpc) is 2.78. The SMILES string of the molecule is Cc1ccc(Oc2ccccc2NS(=O)(=O)c2ccc3c(c2)N(CC(=O)O)C(=O)CO3)cc1. The van der Waals surface area contributed by atoms with Crippen LogP contribution in [0.1, 0.15) is 5.56 Å². The molecular weight excluding hydrogens is 448 g/mol. The Morgan fingerprint density at radius 2 is 1.85 bits per heavy atom. The van der Waals surface area contributed by atoms with Gasteiger partial charge in [0, 0.05) is 0 Å². The van der Waals surface area contributed by atoms with Gasteiger partial charge in [-0.15, -0.1) is 0 Å². The molecule has 2 N–H and O–H groups in total. The molecule has 1 aliphatic heterocycles. The molecule has 0 aliphatic carbocycles. The van der Waals surface area contributed by atoms with Crippen LogP contribution in [0.5, 0.6) is 17.2 Å². The quantitative estimate of drug-likeness (QED) is 0.545. The highest BCUT2D eigenvalue weighted by molar-refractivity contribution is 7.92. The molecule has 1 amide bonds. The Labute approximate surface area is 190 Å². The number of nitrogens with one attached hydrogen (secondary N) is 1. The summed E-state index contributed by atoms with van der Waals surface area (Å²) < 4.78 is 39.9. The maximum Gasteiger partial charge on any atom is 0.323 e. The highest BCUT2D eigenvalue weighted by Gasteiger charge is 2.29. The number of amides is 1. The van der Waals surface area contributed by atoms with Crippen LogP contribution in [0.25, 0.3) is 0 Å². The van der Waals surface area contributed by atoms with E-state index >= 15 is 0 Å². The summed E-state index contributed by atoms with van der Waals surface area (Å²) in [5.41, 5.74) is 1.34. The largest absolute Gasteiger partial charge is 0.482 e. The molecule has 0 unspecified atom stereocenters. The van der Waals surface area contributed by atoms with Crippen molar-refractivity contribution >= 4 is 33.3 Å². The second-order valence-electron chi connectivity index (χ2n) is 7.31. The zero-order valence-electron chi connectivity index (χ0n) is 17.5. The molecular formula is C23H20N2O7S. The van der Waals surface area contributed by atoms with Gasteiger partial charge in [-0.1, -0.05) is 29.8 Å². The number of anilines is 2. The van der Waals surface area contributed by atoms with E-state index in [1.54, 1.807) is 36.4 Å². The van der Waals surface area contributed by atoms with E-state index in [1.807, 2.05) is 19.1 Å². The Hall–Kier alpha value is -4.05. The standard InChI is InChI=1S/C23H20N2O7S/c1-15-6-8-16(9-7-15)32-20-5-3-2-4-18(20)24-33(29,30)17-10-11-21-19(12-17)25(13-23(27)28)22(26)14-31-21/h2-12,24H,13-14H2,1H3,(H,27,28). The molecule has 0 saturated carbocycles. The summed E-state index contributed by atoms with van der Waals surface area (Å²) in [7, 11) is -4.11. The van der Waals surface area contributed by atoms with Crippen LogP contribution in [-0.4, -0.2) is 38.6 Å². The van der Waals surface area contributed by atoms with Crippen molar-refractivity contribution in [1.29, 1.82) is 0 Å². The number of fused-ring (bicyclic) bond motifs is 1. The fourth-order valence-corrected chi connectivity index (χ4v) is 4.32. The van der Waals surface area contributed by atoms with E-state index < -0.39 is 28.4 Å². The van der Waals surface area contributed by atoms with E-state index in [1.165, 1.54) is 18.2 Å². The van der Waals surface area contributed by atoms with Crippen molar-refractivity contribution in [3.63, 3.8) is 0 Å². The van der Waals surface area contributed by atoms with Gasteiger partial charge < -0.3 is 14.6 Å². The van der Waals surface area contributed by atoms with Gasteiger partial charge in [0.2, 0.25) is 0 Å². The molecule has 10 heteroatoms. The van der Waals surface area contributed by atoms with Crippen molar-refractivity contribution < 1.29 is 32.6 Å². The Kier molecular flexibility index (Phi) is 5.93. The van der Waals surface area contributed by atoms with Crippen LogP contribution < -0.4 is 19.1 Å². The van der Waals surface area contributed by atoms with Crippen LogP contribution in [0.3, 0.4) is 0 Å². The third-order valence-electron chi connectivity index (χ3n) is 4.86. The summed E-state index contributed by atoms with van der Waals surface area (Å²) in [5, 5.41) is 9.12. The molecule has 170 valence electrons. The second kappa shape index (κ2) is 8.83. The summed E-state index contributed by atoms with van der Waals surface area (Å²) in [6.07, 6.45) is 0. The molecule has 3 aromatic rings. The van der Waals surface area contributed by atoms with Crippen LogP contribution in [0.4, 0.5) is 11.4 Å². The zero-order chi connectivity index (χ0) is 23.6. The monoisotopic (exact) mass is 468 g/mol. The lowest BCUT2D eigenvalue weighted by Gasteiger charge is -2.28. The van der Waals surface area contributed by atoms with Crippen LogP contribution >= 0.6 is 0 Å². The average molecular weight is 468 g/mol. The van der Waals surface area contributed by atoms with E-state index in [9.17, 15) is 18.0 Å². The Morgan fingerprint density at radius 1 is 1.12 bits per heavy atom. The number of para-hydroxylation sites is 2. The summed E-state index contributed by atoms with van der Waals surface area (Å²) in [4.78, 5) is 24.1. The predicted octanol–water partition coefficient (Wildman–Crippen LogP) is 3.40. The number of carbonyl (C=O) groups excluding carboxylic acids is 1. The van der Waals surface area contributed by atoms with E-state index in [2.05, 4.69) is 4.72 Å². The molecule has 0 bridgehead atoms. The summed E-state index contributed by atoms with van der Waals surface area (Å²) >= 11 is 0. The third kappa shape index (κ3) is 4.90. The topological polar surface area (TPSA) is 122 Å². The minimum atomic E-state index is -4.11. The van der Waals surface area contributed by atoms with Gasteiger partial charge in [-0.2, -0.15) is 0 Å². The van der Waals surface area contributed by atoms with E-state index in [-0.39, 0.29) is 28.6 Å². The van der Waals surface area contributed by atoms with Gasteiger partial charge in [0.15, 0.2) is 12.4 Å². The minimum absolute atomic E-state index is 0.0701. The molecule has 4 rings (SSSR count). The van der Waals surface area contributed by atoms with Crippen LogP contribution in [0, 0.1) is 6.92 Å². The van der Waals surface area contributed by atoms with Gasteiger partial charge in [0.05, 0.1) is 16.3 Å². The van der Waals surface area contributed by atoms with E-state index in [0.717, 1.165) is 10.5 Å². The summed E-state index contributed by atoms with van der Waals surface area (Å²) in [5.74, 6) is -0.748. The molecule has 3 aromatic carbocycles. The molecule has 0 saturated heterocycles. The maximum absolute atomic E-state index is 13.1. The molecule has 0 spiro atoms. The fourth-order valence-electron chi connectivity index (χ4n) is 3.23. The van der Waals surface area contributed by atoms with Gasteiger partial charge in [0.1, 0.15) is 18.0 Å². The van der Waals surface area contributed by atoms with Crippen LogP contribution in [0.2, 0.25) is 0 Å². The number of carboxylic acids is 1. The highest BCUT2D eigenvalue weighted by Crippen LogP contribution is 2.36. The number of carbonyl (C=O) groups is 2. The molecule has 33 heavy (non-hydrogen) atoms. The number of hydrogen-bond donors (Lipinski definition) is 2. The van der Waals surface area contributed by atoms with Gasteiger partial charge in [-0.3, -0.25) is 19.2 Å². The molecule has 0 fully saturated rings. The van der Waals surface area contributed by atoms with Gasteiger partial charge in [0.25, 0.3) is 15.9 Å². The van der Waals surface area contributed by atoms with E-state index in [4.69, 9.17) is 14.6 Å². The highest BCUT2D eigenvalue weighted by atomic mass is 32.2. The molecule has 9 nitrogen and oxygen atoms in total. The van der Waals surface area contributed by atoms with Crippen molar-refractivity contribution in [2.75, 3.05) is 22.8 Å². The number of aryl methyl sites for hydroxylation is 1. The predicted molar refractivity (Wildman–Crippen MR) is 120 cm³/mol. The number of aliphatic carboxylic acids is 1. The number of carboxylic acid groups (broad SMARTS) is 1. The number of rotatable bonds is 7. The smallest absolute Gasteiger partial charge is 0.323 e. The summed E-state index contributed by atoms with van der Waals surface area (Å²) in [6, 6.07) is 17.8. The Morgan fingerprint density at radius 3 is 2.58 bits per heavy atom. The normalized spacial score (nSPS) is 13.1. The fraction of sp³-hybridized carbons (Fsp3) is 0.130. The number of hydrogen-bond acceptors (Lipinski definition) is 6. The van der Waals surface area contributed by atoms with Crippen molar-refractivity contribution in [3.8, 4) is 17.2 Å². The van der Waals surface area contributed by atoms with Crippen molar-refractivity contribution in [2.24, 2.45) is 0 Å². The lowest BCUT2D eigenvalue weighted by Crippen LogP contribution is -2.42. The number of benzene rings is 3. The second-order valence-corrected chi connectivity index (χ2v) is 8.99. The van der Waals surface area contributed by atoms with Gasteiger partial charge >= 0.3 is 5.97 Å². The van der Waals surface area contributed by atoms with Gasteiger partial charge in [-0.25, -0.2) is 8.42 Å². The minimum Gasteiger partial charge on any atom is -0.482 e. The molecule has 1 heterocycles.